The van der Waals surface area contributed by atoms with E-state index in [1.165, 1.54) is 6.92 Å². The molecule has 0 aliphatic rings. The lowest BCUT2D eigenvalue weighted by Crippen LogP contribution is -2.15. The number of rotatable bonds is 2. The summed E-state index contributed by atoms with van der Waals surface area (Å²) in [7, 11) is 0. The van der Waals surface area contributed by atoms with E-state index in [0.29, 0.717) is 16.9 Å². The van der Waals surface area contributed by atoms with Crippen LogP contribution in [0.3, 0.4) is 0 Å². The summed E-state index contributed by atoms with van der Waals surface area (Å²) in [6.45, 7) is 1.50. The van der Waals surface area contributed by atoms with Gasteiger partial charge in [0.2, 0.25) is 0 Å². The topological polar surface area (TPSA) is 92.5 Å². The molecule has 0 aliphatic carbocycles. The molecule has 6 N–H and O–H groups in total. The van der Waals surface area contributed by atoms with E-state index in [0.717, 1.165) is 0 Å². The van der Waals surface area contributed by atoms with E-state index in [2.05, 4.69) is 0 Å². The number of aliphatic hydroxyl groups is 2. The van der Waals surface area contributed by atoms with Crippen molar-refractivity contribution in [2.75, 3.05) is 11.5 Å². The molecule has 1 aromatic carbocycles. The maximum Gasteiger partial charge on any atom is 0.107 e. The second-order valence-electron chi connectivity index (χ2n) is 3.07. The SMILES string of the molecule is C[C@@H](O)[C@H](O)c1ccc(N)cc1N. The molecule has 0 spiro atoms. The van der Waals surface area contributed by atoms with E-state index in [1.807, 2.05) is 0 Å². The maximum absolute atomic E-state index is 9.50. The molecule has 2 atom stereocenters. The highest BCUT2D eigenvalue weighted by Gasteiger charge is 2.15. The standard InChI is InChI=1S/C9H14N2O2/c1-5(12)9(13)7-3-2-6(10)4-8(7)11/h2-5,9,12-13H,10-11H2,1H3/t5-,9+/m1/s1. The molecular weight excluding hydrogens is 168 g/mol. The van der Waals surface area contributed by atoms with Crippen molar-refractivity contribution in [3.05, 3.63) is 23.8 Å². The molecule has 0 bridgehead atoms. The van der Waals surface area contributed by atoms with Gasteiger partial charge < -0.3 is 21.7 Å². The van der Waals surface area contributed by atoms with Crippen molar-refractivity contribution in [1.29, 1.82) is 0 Å². The molecule has 0 heterocycles. The summed E-state index contributed by atoms with van der Waals surface area (Å²) in [5, 5.41) is 18.6. The van der Waals surface area contributed by atoms with Gasteiger partial charge in [0.05, 0.1) is 6.10 Å². The first-order chi connectivity index (χ1) is 6.02. The van der Waals surface area contributed by atoms with Gasteiger partial charge in [0, 0.05) is 16.9 Å². The van der Waals surface area contributed by atoms with Crippen LogP contribution in [0.5, 0.6) is 0 Å². The maximum atomic E-state index is 9.50. The zero-order chi connectivity index (χ0) is 10.0. The van der Waals surface area contributed by atoms with E-state index >= 15 is 0 Å². The Morgan fingerprint density at radius 3 is 2.31 bits per heavy atom. The van der Waals surface area contributed by atoms with Crippen LogP contribution >= 0.6 is 0 Å². The molecule has 0 radical (unpaired) electrons. The van der Waals surface area contributed by atoms with Crippen LogP contribution in [0.1, 0.15) is 18.6 Å². The van der Waals surface area contributed by atoms with Crippen LogP contribution in [0.15, 0.2) is 18.2 Å². The van der Waals surface area contributed by atoms with Crippen LogP contribution in [0, 0.1) is 0 Å². The van der Waals surface area contributed by atoms with Crippen LogP contribution in [-0.4, -0.2) is 16.3 Å². The molecular formula is C9H14N2O2. The Hall–Kier alpha value is -1.26. The van der Waals surface area contributed by atoms with Gasteiger partial charge in [0.25, 0.3) is 0 Å². The average Bonchev–Trinajstić information content (AvgIpc) is 2.03. The van der Waals surface area contributed by atoms with Crippen molar-refractivity contribution in [2.45, 2.75) is 19.1 Å². The number of hydrogen-bond donors (Lipinski definition) is 4. The molecule has 4 heteroatoms. The molecule has 72 valence electrons. The van der Waals surface area contributed by atoms with Gasteiger partial charge >= 0.3 is 0 Å². The monoisotopic (exact) mass is 182 g/mol. The minimum absolute atomic E-state index is 0.397. The number of anilines is 2. The van der Waals surface area contributed by atoms with Gasteiger partial charge in [-0.25, -0.2) is 0 Å². The lowest BCUT2D eigenvalue weighted by atomic mass is 10.0. The first-order valence-corrected chi connectivity index (χ1v) is 4.03. The van der Waals surface area contributed by atoms with Crippen molar-refractivity contribution in [3.63, 3.8) is 0 Å². The molecule has 1 aromatic rings. The first kappa shape index (κ1) is 9.83. The van der Waals surface area contributed by atoms with E-state index in [4.69, 9.17) is 16.6 Å². The molecule has 13 heavy (non-hydrogen) atoms. The van der Waals surface area contributed by atoms with Crippen LogP contribution in [0.4, 0.5) is 11.4 Å². The largest absolute Gasteiger partial charge is 0.399 e. The number of aliphatic hydroxyl groups excluding tert-OH is 2. The summed E-state index contributed by atoms with van der Waals surface area (Å²) in [6.07, 6.45) is -1.80. The second-order valence-corrected chi connectivity index (χ2v) is 3.07. The van der Waals surface area contributed by atoms with Crippen LogP contribution in [0.25, 0.3) is 0 Å². The molecule has 0 amide bonds. The third-order valence-electron chi connectivity index (χ3n) is 1.89. The number of nitrogen functional groups attached to an aromatic ring is 2. The highest BCUT2D eigenvalue weighted by Crippen LogP contribution is 2.24. The Bertz CT molecular complexity index is 300. The minimum atomic E-state index is -0.958. The van der Waals surface area contributed by atoms with Gasteiger partial charge in [0.15, 0.2) is 0 Å². The second kappa shape index (κ2) is 3.64. The van der Waals surface area contributed by atoms with Crippen molar-refractivity contribution >= 4 is 11.4 Å². The summed E-state index contributed by atoms with van der Waals surface area (Å²) in [5.41, 5.74) is 12.5. The van der Waals surface area contributed by atoms with Gasteiger partial charge in [-0.3, -0.25) is 0 Å². The lowest BCUT2D eigenvalue weighted by molar-refractivity contribution is 0.0310. The van der Waals surface area contributed by atoms with Gasteiger partial charge in [-0.1, -0.05) is 6.07 Å². The fraction of sp³-hybridized carbons (Fsp3) is 0.333. The van der Waals surface area contributed by atoms with Gasteiger partial charge in [-0.05, 0) is 19.1 Å². The van der Waals surface area contributed by atoms with Crippen molar-refractivity contribution in [3.8, 4) is 0 Å². The Kier molecular flexibility index (Phi) is 2.75. The third-order valence-corrected chi connectivity index (χ3v) is 1.89. The summed E-state index contributed by atoms with van der Waals surface area (Å²) in [6, 6.07) is 4.81. The highest BCUT2D eigenvalue weighted by molar-refractivity contribution is 5.57. The van der Waals surface area contributed by atoms with Gasteiger partial charge in [-0.2, -0.15) is 0 Å². The first-order valence-electron chi connectivity index (χ1n) is 4.03. The van der Waals surface area contributed by atoms with Crippen molar-refractivity contribution in [2.24, 2.45) is 0 Å². The summed E-state index contributed by atoms with van der Waals surface area (Å²) in [5.74, 6) is 0. The molecule has 0 fully saturated rings. The van der Waals surface area contributed by atoms with E-state index in [9.17, 15) is 5.11 Å². The Morgan fingerprint density at radius 1 is 1.23 bits per heavy atom. The Balaban J connectivity index is 3.01. The predicted octanol–water partition coefficient (Wildman–Crippen LogP) is 0.265. The van der Waals surface area contributed by atoms with Crippen LogP contribution < -0.4 is 11.5 Å². The normalized spacial score (nSPS) is 15.3. The molecule has 1 rings (SSSR count). The molecule has 0 unspecified atom stereocenters. The number of hydrogen-bond acceptors (Lipinski definition) is 4. The molecule has 4 nitrogen and oxygen atoms in total. The zero-order valence-electron chi connectivity index (χ0n) is 7.44. The van der Waals surface area contributed by atoms with Gasteiger partial charge in [-0.15, -0.1) is 0 Å². The molecule has 0 saturated heterocycles. The van der Waals surface area contributed by atoms with E-state index in [-0.39, 0.29) is 0 Å². The van der Waals surface area contributed by atoms with Crippen molar-refractivity contribution < 1.29 is 10.2 Å². The van der Waals surface area contributed by atoms with Crippen LogP contribution in [-0.2, 0) is 0 Å². The smallest absolute Gasteiger partial charge is 0.107 e. The fourth-order valence-corrected chi connectivity index (χ4v) is 1.12. The lowest BCUT2D eigenvalue weighted by Gasteiger charge is -2.16. The van der Waals surface area contributed by atoms with E-state index < -0.39 is 12.2 Å². The minimum Gasteiger partial charge on any atom is -0.399 e. The molecule has 0 aromatic heterocycles. The average molecular weight is 182 g/mol. The molecule has 0 saturated carbocycles. The van der Waals surface area contributed by atoms with Crippen molar-refractivity contribution in [1.82, 2.24) is 0 Å². The Morgan fingerprint density at radius 2 is 1.85 bits per heavy atom. The molecule has 0 aliphatic heterocycles. The zero-order valence-corrected chi connectivity index (χ0v) is 7.44. The quantitative estimate of drug-likeness (QED) is 0.494. The summed E-state index contributed by atoms with van der Waals surface area (Å²) < 4.78 is 0. The number of nitrogens with two attached hydrogens (primary N) is 2. The van der Waals surface area contributed by atoms with Crippen LogP contribution in [0.2, 0.25) is 0 Å². The summed E-state index contributed by atoms with van der Waals surface area (Å²) in [4.78, 5) is 0. The third kappa shape index (κ3) is 2.11. The number of benzene rings is 1. The highest BCUT2D eigenvalue weighted by atomic mass is 16.3. The Labute approximate surface area is 76.8 Å². The summed E-state index contributed by atoms with van der Waals surface area (Å²) >= 11 is 0. The van der Waals surface area contributed by atoms with E-state index in [1.54, 1.807) is 18.2 Å². The fourth-order valence-electron chi connectivity index (χ4n) is 1.12. The predicted molar refractivity (Wildman–Crippen MR) is 51.9 cm³/mol. The van der Waals surface area contributed by atoms with Gasteiger partial charge in [0.1, 0.15) is 6.10 Å².